The van der Waals surface area contributed by atoms with E-state index in [4.69, 9.17) is 9.47 Å². The monoisotopic (exact) mass is 340 g/mol. The fourth-order valence-corrected chi connectivity index (χ4v) is 4.54. The third-order valence-corrected chi connectivity index (χ3v) is 6.11. The summed E-state index contributed by atoms with van der Waals surface area (Å²) < 4.78 is 37.4. The highest BCUT2D eigenvalue weighted by Crippen LogP contribution is 2.28. The lowest BCUT2D eigenvalue weighted by molar-refractivity contribution is -0.153. The summed E-state index contributed by atoms with van der Waals surface area (Å²) in [6, 6.07) is 8.06. The van der Waals surface area contributed by atoms with Gasteiger partial charge in [0.15, 0.2) is 0 Å². The van der Waals surface area contributed by atoms with Gasteiger partial charge >= 0.3 is 0 Å². The summed E-state index contributed by atoms with van der Waals surface area (Å²) in [5.74, 6) is -0.123. The van der Waals surface area contributed by atoms with Gasteiger partial charge in [0.1, 0.15) is 6.61 Å². The number of sulfonamides is 1. The zero-order valence-electron chi connectivity index (χ0n) is 12.9. The number of rotatable bonds is 5. The third-order valence-electron chi connectivity index (χ3n) is 4.26. The van der Waals surface area contributed by atoms with E-state index in [9.17, 15) is 13.2 Å². The predicted octanol–water partition coefficient (Wildman–Crippen LogP) is -0.0667. The average Bonchev–Trinajstić information content (AvgIpc) is 3.00. The van der Waals surface area contributed by atoms with Gasteiger partial charge in [-0.2, -0.15) is 4.31 Å². The molecular weight excluding hydrogens is 320 g/mol. The number of hydrogen-bond donors (Lipinski definition) is 0. The first-order valence-electron chi connectivity index (χ1n) is 7.49. The lowest BCUT2D eigenvalue weighted by Crippen LogP contribution is -2.54. The Bertz CT molecular complexity index is 664. The van der Waals surface area contributed by atoms with Crippen LogP contribution in [0.4, 0.5) is 0 Å². The van der Waals surface area contributed by atoms with Crippen LogP contribution in [-0.4, -0.2) is 75.6 Å². The number of nitrogens with zero attached hydrogens (tertiary/aromatic N) is 2. The van der Waals surface area contributed by atoms with Gasteiger partial charge in [-0.3, -0.25) is 4.79 Å². The van der Waals surface area contributed by atoms with Crippen LogP contribution in [-0.2, 0) is 24.3 Å². The van der Waals surface area contributed by atoms with Crippen LogP contribution in [0.5, 0.6) is 0 Å². The smallest absolute Gasteiger partial charge is 0.249 e. The van der Waals surface area contributed by atoms with E-state index in [1.165, 1.54) is 4.31 Å². The molecule has 0 aliphatic carbocycles. The molecule has 2 heterocycles. The molecule has 0 spiro atoms. The van der Waals surface area contributed by atoms with E-state index in [2.05, 4.69) is 0 Å². The molecule has 1 amide bonds. The standard InChI is InChI=1S/C15H20N2O5S/c1-21-8-7-17-13-9-16(10-14(13)22-11-15(17)18)23(19,20)12-5-3-2-4-6-12/h2-6,13-14H,7-11H2,1H3/t13-,14-/m0/s1. The van der Waals surface area contributed by atoms with E-state index in [0.29, 0.717) is 13.2 Å². The van der Waals surface area contributed by atoms with Crippen molar-refractivity contribution in [2.45, 2.75) is 17.0 Å². The number of hydrogen-bond acceptors (Lipinski definition) is 5. The van der Waals surface area contributed by atoms with Crippen LogP contribution in [0, 0.1) is 0 Å². The maximum atomic E-state index is 12.7. The molecule has 8 heteroatoms. The second-order valence-corrected chi connectivity index (χ2v) is 7.57. The molecule has 2 aliphatic rings. The minimum atomic E-state index is -3.57. The Balaban J connectivity index is 1.80. The van der Waals surface area contributed by atoms with Crippen LogP contribution >= 0.6 is 0 Å². The van der Waals surface area contributed by atoms with Gasteiger partial charge < -0.3 is 14.4 Å². The summed E-state index contributed by atoms with van der Waals surface area (Å²) in [6.07, 6.45) is -0.289. The summed E-state index contributed by atoms with van der Waals surface area (Å²) in [6.45, 7) is 1.36. The van der Waals surface area contributed by atoms with Gasteiger partial charge in [-0.1, -0.05) is 18.2 Å². The first kappa shape index (κ1) is 16.4. The van der Waals surface area contributed by atoms with Crippen molar-refractivity contribution in [1.82, 2.24) is 9.21 Å². The SMILES string of the molecule is COCCN1C(=O)CO[C@H]2CN(S(=O)(=O)c3ccccc3)C[C@@H]21. The minimum absolute atomic E-state index is 0.00982. The highest BCUT2D eigenvalue weighted by Gasteiger charge is 2.46. The van der Waals surface area contributed by atoms with Crippen LogP contribution in [0.2, 0.25) is 0 Å². The Labute approximate surface area is 135 Å². The van der Waals surface area contributed by atoms with Crippen LogP contribution < -0.4 is 0 Å². The van der Waals surface area contributed by atoms with Crippen molar-refractivity contribution in [1.29, 1.82) is 0 Å². The molecule has 1 aromatic rings. The Morgan fingerprint density at radius 2 is 2.00 bits per heavy atom. The van der Waals surface area contributed by atoms with Gasteiger partial charge in [0.05, 0.1) is 23.6 Å². The third kappa shape index (κ3) is 3.12. The van der Waals surface area contributed by atoms with Crippen molar-refractivity contribution in [2.24, 2.45) is 0 Å². The molecule has 2 saturated heterocycles. The van der Waals surface area contributed by atoms with E-state index in [1.54, 1.807) is 42.3 Å². The zero-order valence-corrected chi connectivity index (χ0v) is 13.7. The van der Waals surface area contributed by atoms with E-state index in [-0.39, 0.29) is 42.6 Å². The Hall–Kier alpha value is -1.48. The van der Waals surface area contributed by atoms with Gasteiger partial charge in [0.2, 0.25) is 15.9 Å². The largest absolute Gasteiger partial charge is 0.383 e. The van der Waals surface area contributed by atoms with Crippen molar-refractivity contribution in [2.75, 3.05) is 40.0 Å². The molecule has 2 aliphatic heterocycles. The van der Waals surface area contributed by atoms with Crippen molar-refractivity contribution in [3.63, 3.8) is 0 Å². The molecule has 3 rings (SSSR count). The summed E-state index contributed by atoms with van der Waals surface area (Å²) >= 11 is 0. The number of amides is 1. The van der Waals surface area contributed by atoms with Gasteiger partial charge in [-0.05, 0) is 12.1 Å². The number of fused-ring (bicyclic) bond motifs is 1. The number of ether oxygens (including phenoxy) is 2. The van der Waals surface area contributed by atoms with Crippen LogP contribution in [0.1, 0.15) is 0 Å². The van der Waals surface area contributed by atoms with Crippen LogP contribution in [0.3, 0.4) is 0 Å². The van der Waals surface area contributed by atoms with Crippen molar-refractivity contribution < 1.29 is 22.7 Å². The first-order chi connectivity index (χ1) is 11.0. The lowest BCUT2D eigenvalue weighted by atomic mass is 10.1. The highest BCUT2D eigenvalue weighted by molar-refractivity contribution is 7.89. The summed E-state index contributed by atoms with van der Waals surface area (Å²) in [5.41, 5.74) is 0. The molecule has 0 bridgehead atoms. The Morgan fingerprint density at radius 1 is 1.26 bits per heavy atom. The molecule has 7 nitrogen and oxygen atoms in total. The van der Waals surface area contributed by atoms with E-state index in [0.717, 1.165) is 0 Å². The van der Waals surface area contributed by atoms with Crippen molar-refractivity contribution in [3.05, 3.63) is 30.3 Å². The Morgan fingerprint density at radius 3 is 2.70 bits per heavy atom. The highest BCUT2D eigenvalue weighted by atomic mass is 32.2. The molecule has 0 aromatic heterocycles. The topological polar surface area (TPSA) is 76.2 Å². The predicted molar refractivity (Wildman–Crippen MR) is 82.3 cm³/mol. The molecule has 0 unspecified atom stereocenters. The summed E-state index contributed by atoms with van der Waals surface area (Å²) in [4.78, 5) is 14.0. The maximum Gasteiger partial charge on any atom is 0.249 e. The maximum absolute atomic E-state index is 12.7. The van der Waals surface area contributed by atoms with Crippen molar-refractivity contribution in [3.8, 4) is 0 Å². The number of carbonyl (C=O) groups is 1. The minimum Gasteiger partial charge on any atom is -0.383 e. The molecule has 1 aromatic carbocycles. The number of methoxy groups -OCH3 is 1. The van der Waals surface area contributed by atoms with E-state index >= 15 is 0 Å². The number of morpholine rings is 1. The number of carbonyl (C=O) groups excluding carboxylic acids is 1. The molecule has 2 fully saturated rings. The van der Waals surface area contributed by atoms with E-state index < -0.39 is 10.0 Å². The zero-order chi connectivity index (χ0) is 16.4. The molecule has 2 atom stereocenters. The molecule has 0 radical (unpaired) electrons. The van der Waals surface area contributed by atoms with Crippen LogP contribution in [0.25, 0.3) is 0 Å². The molecule has 126 valence electrons. The second kappa shape index (κ2) is 6.56. The number of benzene rings is 1. The van der Waals surface area contributed by atoms with Gasteiger partial charge in [0, 0.05) is 26.7 Å². The summed E-state index contributed by atoms with van der Waals surface area (Å²) in [7, 11) is -2.00. The molecule has 0 saturated carbocycles. The average molecular weight is 340 g/mol. The van der Waals surface area contributed by atoms with E-state index in [1.807, 2.05) is 0 Å². The summed E-state index contributed by atoms with van der Waals surface area (Å²) in [5, 5.41) is 0. The quantitative estimate of drug-likeness (QED) is 0.750. The van der Waals surface area contributed by atoms with Gasteiger partial charge in [-0.25, -0.2) is 8.42 Å². The van der Waals surface area contributed by atoms with Gasteiger partial charge in [-0.15, -0.1) is 0 Å². The molecule has 0 N–H and O–H groups in total. The fourth-order valence-electron chi connectivity index (χ4n) is 3.05. The Kier molecular flexibility index (Phi) is 4.67. The van der Waals surface area contributed by atoms with Crippen LogP contribution in [0.15, 0.2) is 35.2 Å². The normalized spacial score (nSPS) is 25.6. The molecular formula is C15H20N2O5S. The second-order valence-electron chi connectivity index (χ2n) is 5.63. The fraction of sp³-hybridized carbons (Fsp3) is 0.533. The van der Waals surface area contributed by atoms with Crippen molar-refractivity contribution >= 4 is 15.9 Å². The molecule has 23 heavy (non-hydrogen) atoms. The first-order valence-corrected chi connectivity index (χ1v) is 8.93. The van der Waals surface area contributed by atoms with Gasteiger partial charge in [0.25, 0.3) is 0 Å². The lowest BCUT2D eigenvalue weighted by Gasteiger charge is -2.36.